The number of oxazole rings is 1. The van der Waals surface area contributed by atoms with Crippen LogP contribution in [0, 0.1) is 29.9 Å². The molecule has 2 rings (SSSR count). The molecule has 1 atom stereocenters. The van der Waals surface area contributed by atoms with Crippen molar-refractivity contribution in [2.24, 2.45) is 5.92 Å². The molecule has 0 aliphatic heterocycles. The molecule has 10 heteroatoms. The van der Waals surface area contributed by atoms with Gasteiger partial charge in [0.2, 0.25) is 5.89 Å². The number of rotatable bonds is 7. The van der Waals surface area contributed by atoms with Crippen molar-refractivity contribution in [2.75, 3.05) is 0 Å². The van der Waals surface area contributed by atoms with Gasteiger partial charge in [0.1, 0.15) is 16.8 Å². The monoisotopic (exact) mass is 409 g/mol. The number of aromatic nitrogens is 1. The Bertz CT molecular complexity index is 889. The highest BCUT2D eigenvalue weighted by Crippen LogP contribution is 2.25. The van der Waals surface area contributed by atoms with Crippen molar-refractivity contribution in [1.29, 1.82) is 0 Å². The number of carbonyl (C=O) groups excluding carboxylic acids is 2. The first-order chi connectivity index (χ1) is 13.1. The van der Waals surface area contributed by atoms with Gasteiger partial charge in [0.25, 0.3) is 11.6 Å². The van der Waals surface area contributed by atoms with Crippen LogP contribution in [-0.2, 0) is 16.1 Å². The highest BCUT2D eigenvalue weighted by atomic mass is 35.5. The van der Waals surface area contributed by atoms with E-state index in [0.717, 1.165) is 6.07 Å². The van der Waals surface area contributed by atoms with Gasteiger partial charge in [0.15, 0.2) is 6.61 Å². The van der Waals surface area contributed by atoms with Crippen LogP contribution in [-0.4, -0.2) is 27.8 Å². The van der Waals surface area contributed by atoms with Gasteiger partial charge in [-0.15, -0.1) is 0 Å². The second-order valence-corrected chi connectivity index (χ2v) is 6.88. The number of hydrogen-bond acceptors (Lipinski definition) is 7. The van der Waals surface area contributed by atoms with Crippen molar-refractivity contribution in [3.63, 3.8) is 0 Å². The van der Waals surface area contributed by atoms with Crippen LogP contribution < -0.4 is 5.32 Å². The number of ether oxygens (including phenoxy) is 1. The fourth-order valence-electron chi connectivity index (χ4n) is 2.34. The van der Waals surface area contributed by atoms with Crippen molar-refractivity contribution in [2.45, 2.75) is 40.3 Å². The van der Waals surface area contributed by atoms with Crippen molar-refractivity contribution < 1.29 is 23.7 Å². The van der Waals surface area contributed by atoms with Crippen LogP contribution in [0.3, 0.4) is 0 Å². The van der Waals surface area contributed by atoms with Gasteiger partial charge in [-0.2, -0.15) is 0 Å². The summed E-state index contributed by atoms with van der Waals surface area (Å²) in [5.74, 6) is -0.722. The van der Waals surface area contributed by atoms with E-state index in [4.69, 9.17) is 20.8 Å². The quantitative estimate of drug-likeness (QED) is 0.422. The molecule has 0 saturated carbocycles. The second kappa shape index (κ2) is 8.83. The Morgan fingerprint density at radius 2 is 2.04 bits per heavy atom. The molecular formula is C18H20ClN3O6. The zero-order valence-corrected chi connectivity index (χ0v) is 16.6. The smallest absolute Gasteiger partial charge is 0.329 e. The fraction of sp³-hybridized carbons (Fsp3) is 0.389. The minimum Gasteiger partial charge on any atom is -0.454 e. The zero-order chi connectivity index (χ0) is 21.0. The number of nitro groups is 1. The van der Waals surface area contributed by atoms with Gasteiger partial charge in [-0.25, -0.2) is 9.78 Å². The van der Waals surface area contributed by atoms with Crippen molar-refractivity contribution in [3.8, 4) is 0 Å². The number of halogens is 1. The number of nitrogens with one attached hydrogen (secondary N) is 1. The van der Waals surface area contributed by atoms with Crippen LogP contribution in [0.1, 0.15) is 41.6 Å². The van der Waals surface area contributed by atoms with Crippen LogP contribution in [0.15, 0.2) is 22.6 Å². The molecule has 0 saturated heterocycles. The number of aryl methyl sites for hydroxylation is 2. The lowest BCUT2D eigenvalue weighted by Gasteiger charge is -2.20. The van der Waals surface area contributed by atoms with Crippen molar-refractivity contribution >= 4 is 29.2 Å². The van der Waals surface area contributed by atoms with E-state index in [0.29, 0.717) is 11.5 Å². The Hall–Kier alpha value is -2.94. The van der Waals surface area contributed by atoms with Gasteiger partial charge in [-0.05, 0) is 31.9 Å². The lowest BCUT2D eigenvalue weighted by atomic mass is 10.0. The van der Waals surface area contributed by atoms with Crippen LogP contribution in [0.4, 0.5) is 5.69 Å². The average Bonchev–Trinajstić information content (AvgIpc) is 2.95. The van der Waals surface area contributed by atoms with Gasteiger partial charge >= 0.3 is 5.97 Å². The molecule has 2 aromatic rings. The van der Waals surface area contributed by atoms with Gasteiger partial charge in [-0.1, -0.05) is 25.4 Å². The normalized spacial score (nSPS) is 11.9. The minimum atomic E-state index is -0.959. The molecule has 9 nitrogen and oxygen atoms in total. The molecule has 1 aromatic heterocycles. The van der Waals surface area contributed by atoms with Crippen LogP contribution in [0.5, 0.6) is 0 Å². The molecule has 1 heterocycles. The summed E-state index contributed by atoms with van der Waals surface area (Å²) in [6, 6.07) is 2.69. The summed E-state index contributed by atoms with van der Waals surface area (Å²) in [6.07, 6.45) is 0. The third-order valence-corrected chi connectivity index (χ3v) is 4.34. The highest BCUT2D eigenvalue weighted by molar-refractivity contribution is 6.32. The fourth-order valence-corrected chi connectivity index (χ4v) is 2.53. The molecule has 0 unspecified atom stereocenters. The molecule has 0 bridgehead atoms. The first-order valence-electron chi connectivity index (χ1n) is 8.44. The molecule has 0 aliphatic carbocycles. The standard InChI is InChI=1S/C18H20ClN3O6/c1-9(2)16(18(24)27-8-15-20-10(3)11(4)28-15)21-17(23)12-5-6-13(19)14(7-12)22(25)26/h5-7,9,16H,8H2,1-4H3,(H,21,23)/t16-/m0/s1. The third kappa shape index (κ3) is 5.07. The van der Waals surface area contributed by atoms with Crippen LogP contribution >= 0.6 is 11.6 Å². The second-order valence-electron chi connectivity index (χ2n) is 6.48. The number of amides is 1. The summed E-state index contributed by atoms with van der Waals surface area (Å²) in [5, 5.41) is 13.4. The van der Waals surface area contributed by atoms with Crippen LogP contribution in [0.2, 0.25) is 5.02 Å². The number of carbonyl (C=O) groups is 2. The van der Waals surface area contributed by atoms with E-state index < -0.39 is 28.5 Å². The Kier molecular flexibility index (Phi) is 6.74. The number of hydrogen-bond donors (Lipinski definition) is 1. The Balaban J connectivity index is 2.09. The topological polar surface area (TPSA) is 125 Å². The van der Waals surface area contributed by atoms with Crippen molar-refractivity contribution in [3.05, 3.63) is 56.2 Å². The van der Waals surface area contributed by atoms with E-state index in [1.807, 2.05) is 0 Å². The molecule has 150 valence electrons. The Morgan fingerprint density at radius 1 is 1.36 bits per heavy atom. The highest BCUT2D eigenvalue weighted by Gasteiger charge is 2.27. The predicted molar refractivity (Wildman–Crippen MR) is 100.0 cm³/mol. The van der Waals surface area contributed by atoms with E-state index in [1.54, 1.807) is 27.7 Å². The molecule has 28 heavy (non-hydrogen) atoms. The SMILES string of the molecule is Cc1nc(COC(=O)[C@@H](NC(=O)c2ccc(Cl)c([N+](=O)[O-])c2)C(C)C)oc1C. The van der Waals surface area contributed by atoms with Gasteiger partial charge in [0.05, 0.1) is 10.6 Å². The Morgan fingerprint density at radius 3 is 2.57 bits per heavy atom. The first-order valence-corrected chi connectivity index (χ1v) is 8.82. The first kappa shape index (κ1) is 21.4. The lowest BCUT2D eigenvalue weighted by molar-refractivity contribution is -0.384. The van der Waals surface area contributed by atoms with Gasteiger partial charge in [0, 0.05) is 11.6 Å². The molecule has 1 aromatic carbocycles. The lowest BCUT2D eigenvalue weighted by Crippen LogP contribution is -2.45. The summed E-state index contributed by atoms with van der Waals surface area (Å²) in [7, 11) is 0. The van der Waals surface area contributed by atoms with Crippen molar-refractivity contribution in [1.82, 2.24) is 10.3 Å². The van der Waals surface area contributed by atoms with E-state index in [9.17, 15) is 19.7 Å². The van der Waals surface area contributed by atoms with Gasteiger partial charge < -0.3 is 14.5 Å². The molecular weight excluding hydrogens is 390 g/mol. The minimum absolute atomic E-state index is 0.00787. The molecule has 0 radical (unpaired) electrons. The maximum Gasteiger partial charge on any atom is 0.329 e. The molecule has 1 amide bonds. The van der Waals surface area contributed by atoms with Crippen LogP contribution in [0.25, 0.3) is 0 Å². The van der Waals surface area contributed by atoms with E-state index in [1.165, 1.54) is 12.1 Å². The van der Waals surface area contributed by atoms with E-state index in [2.05, 4.69) is 10.3 Å². The maximum absolute atomic E-state index is 12.5. The number of nitrogens with zero attached hydrogens (tertiary/aromatic N) is 2. The maximum atomic E-state index is 12.5. The molecule has 0 fully saturated rings. The number of nitro benzene ring substituents is 1. The van der Waals surface area contributed by atoms with Gasteiger partial charge in [-0.3, -0.25) is 14.9 Å². The Labute approximate surface area is 166 Å². The predicted octanol–water partition coefficient (Wildman–Crippen LogP) is 3.35. The summed E-state index contributed by atoms with van der Waals surface area (Å²) >= 11 is 5.75. The summed E-state index contributed by atoms with van der Waals surface area (Å²) in [5.41, 5.74) is 0.310. The molecule has 0 aliphatic rings. The third-order valence-electron chi connectivity index (χ3n) is 4.02. The zero-order valence-electron chi connectivity index (χ0n) is 15.8. The summed E-state index contributed by atoms with van der Waals surface area (Å²) in [4.78, 5) is 39.3. The number of benzene rings is 1. The largest absolute Gasteiger partial charge is 0.454 e. The number of esters is 1. The summed E-state index contributed by atoms with van der Waals surface area (Å²) < 4.78 is 10.5. The summed E-state index contributed by atoms with van der Waals surface area (Å²) in [6.45, 7) is 6.81. The average molecular weight is 410 g/mol. The molecule has 1 N–H and O–H groups in total. The molecule has 0 spiro atoms. The van der Waals surface area contributed by atoms with E-state index >= 15 is 0 Å². The van der Waals surface area contributed by atoms with E-state index in [-0.39, 0.29) is 29.0 Å².